The van der Waals surface area contributed by atoms with Crippen LogP contribution in [0.15, 0.2) is 18.2 Å². The Morgan fingerprint density at radius 3 is 2.95 bits per heavy atom. The molecule has 2 amide bonds. The lowest BCUT2D eigenvalue weighted by Crippen LogP contribution is -2.37. The molecular formula is C14H17N3O2. The Hall–Kier alpha value is -1.88. The molecule has 0 aromatic heterocycles. The van der Waals surface area contributed by atoms with Crippen molar-refractivity contribution in [3.63, 3.8) is 0 Å². The summed E-state index contributed by atoms with van der Waals surface area (Å²) < 4.78 is 0. The Morgan fingerprint density at radius 2 is 2.05 bits per heavy atom. The Kier molecular flexibility index (Phi) is 3.21. The molecule has 19 heavy (non-hydrogen) atoms. The second-order valence-electron chi connectivity index (χ2n) is 5.02. The summed E-state index contributed by atoms with van der Waals surface area (Å²) in [6, 6.07) is 5.80. The van der Waals surface area contributed by atoms with Crippen LogP contribution in [0.3, 0.4) is 0 Å². The van der Waals surface area contributed by atoms with Gasteiger partial charge in [-0.1, -0.05) is 6.07 Å². The van der Waals surface area contributed by atoms with Gasteiger partial charge in [-0.2, -0.15) is 0 Å². The molecule has 0 radical (unpaired) electrons. The number of rotatable bonds is 1. The van der Waals surface area contributed by atoms with E-state index < -0.39 is 0 Å². The summed E-state index contributed by atoms with van der Waals surface area (Å²) in [7, 11) is 0. The normalized spacial score (nSPS) is 18.7. The van der Waals surface area contributed by atoms with Crippen LogP contribution >= 0.6 is 0 Å². The standard InChI is InChI=1S/C14H17N3O2/c18-13-9-17(5-1-4-16-13)14(19)10-2-3-11-7-15-8-12(11)6-10/h2-3,6,15H,1,4-5,7-9H2,(H,16,18). The summed E-state index contributed by atoms with van der Waals surface area (Å²) in [4.78, 5) is 25.6. The summed E-state index contributed by atoms with van der Waals surface area (Å²) in [6.07, 6.45) is 0.810. The van der Waals surface area contributed by atoms with Gasteiger partial charge in [0.05, 0.1) is 6.54 Å². The lowest BCUT2D eigenvalue weighted by atomic mass is 10.1. The third kappa shape index (κ3) is 2.46. The molecule has 2 aliphatic heterocycles. The number of nitrogens with zero attached hydrogens (tertiary/aromatic N) is 1. The van der Waals surface area contributed by atoms with E-state index in [1.807, 2.05) is 18.2 Å². The van der Waals surface area contributed by atoms with Crippen molar-refractivity contribution in [3.05, 3.63) is 34.9 Å². The summed E-state index contributed by atoms with van der Waals surface area (Å²) >= 11 is 0. The SMILES string of the molecule is O=C1CN(C(=O)c2ccc3c(c2)CNC3)CCCN1. The first-order chi connectivity index (χ1) is 9.24. The maximum Gasteiger partial charge on any atom is 0.254 e. The van der Waals surface area contributed by atoms with E-state index in [0.29, 0.717) is 18.7 Å². The number of benzene rings is 1. The number of carbonyl (C=O) groups excluding carboxylic acids is 2. The molecule has 0 saturated carbocycles. The second-order valence-corrected chi connectivity index (χ2v) is 5.02. The van der Waals surface area contributed by atoms with Gasteiger partial charge in [0.2, 0.25) is 5.91 Å². The van der Waals surface area contributed by atoms with Crippen molar-refractivity contribution >= 4 is 11.8 Å². The topological polar surface area (TPSA) is 61.4 Å². The molecule has 0 atom stereocenters. The number of carbonyl (C=O) groups is 2. The average Bonchev–Trinajstić information content (AvgIpc) is 2.78. The fraction of sp³-hybridized carbons (Fsp3) is 0.429. The third-order valence-electron chi connectivity index (χ3n) is 3.63. The highest BCUT2D eigenvalue weighted by Gasteiger charge is 2.22. The van der Waals surface area contributed by atoms with E-state index in [2.05, 4.69) is 10.6 Å². The van der Waals surface area contributed by atoms with Gasteiger partial charge in [-0.25, -0.2) is 0 Å². The molecule has 1 fully saturated rings. The maximum atomic E-state index is 12.4. The molecule has 0 bridgehead atoms. The minimum Gasteiger partial charge on any atom is -0.354 e. The van der Waals surface area contributed by atoms with E-state index in [1.165, 1.54) is 11.1 Å². The van der Waals surface area contributed by atoms with Gasteiger partial charge >= 0.3 is 0 Å². The van der Waals surface area contributed by atoms with Crippen molar-refractivity contribution in [1.29, 1.82) is 0 Å². The number of hydrogen-bond donors (Lipinski definition) is 2. The smallest absolute Gasteiger partial charge is 0.254 e. The largest absolute Gasteiger partial charge is 0.354 e. The summed E-state index contributed by atoms with van der Waals surface area (Å²) in [5, 5.41) is 6.04. The minimum atomic E-state index is -0.0753. The highest BCUT2D eigenvalue weighted by atomic mass is 16.2. The molecule has 2 N–H and O–H groups in total. The van der Waals surface area contributed by atoms with Crippen LogP contribution in [-0.2, 0) is 17.9 Å². The van der Waals surface area contributed by atoms with Crippen molar-refractivity contribution in [1.82, 2.24) is 15.5 Å². The average molecular weight is 259 g/mol. The molecule has 1 aromatic rings. The van der Waals surface area contributed by atoms with Crippen LogP contribution in [0, 0.1) is 0 Å². The molecule has 0 unspecified atom stereocenters. The summed E-state index contributed by atoms with van der Waals surface area (Å²) in [5.41, 5.74) is 3.12. The van der Waals surface area contributed by atoms with Gasteiger partial charge in [0, 0.05) is 31.7 Å². The first-order valence-electron chi connectivity index (χ1n) is 6.62. The zero-order valence-corrected chi connectivity index (χ0v) is 10.7. The van der Waals surface area contributed by atoms with Crippen LogP contribution in [0.25, 0.3) is 0 Å². The van der Waals surface area contributed by atoms with Crippen molar-refractivity contribution in [2.75, 3.05) is 19.6 Å². The summed E-state index contributed by atoms with van der Waals surface area (Å²) in [5.74, 6) is -0.125. The van der Waals surface area contributed by atoms with Gasteiger partial charge in [0.25, 0.3) is 5.91 Å². The Bertz CT molecular complexity index is 527. The van der Waals surface area contributed by atoms with Gasteiger partial charge < -0.3 is 15.5 Å². The number of hydrogen-bond acceptors (Lipinski definition) is 3. The molecule has 0 spiro atoms. The highest BCUT2D eigenvalue weighted by Crippen LogP contribution is 2.18. The van der Waals surface area contributed by atoms with E-state index in [1.54, 1.807) is 4.90 Å². The number of nitrogens with one attached hydrogen (secondary N) is 2. The molecule has 2 heterocycles. The van der Waals surface area contributed by atoms with Gasteiger partial charge in [-0.05, 0) is 29.7 Å². The summed E-state index contributed by atoms with van der Waals surface area (Å²) in [6.45, 7) is 3.13. The minimum absolute atomic E-state index is 0.0493. The molecule has 2 aliphatic rings. The van der Waals surface area contributed by atoms with Crippen LogP contribution in [0.5, 0.6) is 0 Å². The highest BCUT2D eigenvalue weighted by molar-refractivity contribution is 5.97. The van der Waals surface area contributed by atoms with Crippen LogP contribution in [0.4, 0.5) is 0 Å². The predicted molar refractivity (Wildman–Crippen MR) is 70.5 cm³/mol. The molecule has 5 nitrogen and oxygen atoms in total. The molecule has 5 heteroatoms. The zero-order valence-electron chi connectivity index (χ0n) is 10.7. The van der Waals surface area contributed by atoms with Crippen LogP contribution in [-0.4, -0.2) is 36.3 Å². The Morgan fingerprint density at radius 1 is 1.21 bits per heavy atom. The maximum absolute atomic E-state index is 12.4. The Labute approximate surface area is 112 Å². The van der Waals surface area contributed by atoms with Gasteiger partial charge in [0.1, 0.15) is 0 Å². The zero-order chi connectivity index (χ0) is 13.2. The first-order valence-corrected chi connectivity index (χ1v) is 6.62. The van der Waals surface area contributed by atoms with Gasteiger partial charge in [-0.3, -0.25) is 9.59 Å². The van der Waals surface area contributed by atoms with E-state index >= 15 is 0 Å². The van der Waals surface area contributed by atoms with Crippen LogP contribution < -0.4 is 10.6 Å². The van der Waals surface area contributed by atoms with Crippen molar-refractivity contribution < 1.29 is 9.59 Å². The monoisotopic (exact) mass is 259 g/mol. The molecular weight excluding hydrogens is 242 g/mol. The molecule has 3 rings (SSSR count). The van der Waals surface area contributed by atoms with Crippen LogP contribution in [0.2, 0.25) is 0 Å². The molecule has 1 saturated heterocycles. The Balaban J connectivity index is 1.81. The molecule has 100 valence electrons. The third-order valence-corrected chi connectivity index (χ3v) is 3.63. The predicted octanol–water partition coefficient (Wildman–Crippen LogP) is 0.252. The van der Waals surface area contributed by atoms with Crippen molar-refractivity contribution in [3.8, 4) is 0 Å². The van der Waals surface area contributed by atoms with Crippen LogP contribution in [0.1, 0.15) is 27.9 Å². The first kappa shape index (κ1) is 12.2. The lowest BCUT2D eigenvalue weighted by Gasteiger charge is -2.19. The van der Waals surface area contributed by atoms with Gasteiger partial charge in [-0.15, -0.1) is 0 Å². The van der Waals surface area contributed by atoms with E-state index in [9.17, 15) is 9.59 Å². The van der Waals surface area contributed by atoms with Crippen molar-refractivity contribution in [2.45, 2.75) is 19.5 Å². The molecule has 0 aliphatic carbocycles. The fourth-order valence-corrected chi connectivity index (χ4v) is 2.59. The number of fused-ring (bicyclic) bond motifs is 1. The van der Waals surface area contributed by atoms with Crippen molar-refractivity contribution in [2.24, 2.45) is 0 Å². The van der Waals surface area contributed by atoms with E-state index in [4.69, 9.17) is 0 Å². The quantitative estimate of drug-likeness (QED) is 0.760. The van der Waals surface area contributed by atoms with E-state index in [-0.39, 0.29) is 18.4 Å². The fourth-order valence-electron chi connectivity index (χ4n) is 2.59. The lowest BCUT2D eigenvalue weighted by molar-refractivity contribution is -0.121. The number of amides is 2. The second kappa shape index (κ2) is 5.01. The van der Waals surface area contributed by atoms with E-state index in [0.717, 1.165) is 19.5 Å². The molecule has 1 aromatic carbocycles. The van der Waals surface area contributed by atoms with Gasteiger partial charge in [0.15, 0.2) is 0 Å².